The van der Waals surface area contributed by atoms with Crippen LogP contribution in [-0.2, 0) is 4.74 Å². The number of nitrogens with one attached hydrogen (secondary N) is 1. The predicted octanol–water partition coefficient (Wildman–Crippen LogP) is 1.35. The van der Waals surface area contributed by atoms with Crippen molar-refractivity contribution in [1.29, 1.82) is 0 Å². The van der Waals surface area contributed by atoms with Crippen LogP contribution in [0.4, 0.5) is 5.82 Å². The van der Waals surface area contributed by atoms with Gasteiger partial charge >= 0.3 is 0 Å². The van der Waals surface area contributed by atoms with E-state index in [0.717, 1.165) is 38.4 Å². The van der Waals surface area contributed by atoms with Crippen LogP contribution in [0.25, 0.3) is 0 Å². The monoisotopic (exact) mass is 395 g/mol. The second kappa shape index (κ2) is 9.00. The number of carbonyl (C=O) groups is 2. The molecule has 4 heterocycles. The second-order valence-corrected chi connectivity index (χ2v) is 7.27. The number of aromatic nitrogens is 2. The normalized spacial score (nSPS) is 19.2. The van der Waals surface area contributed by atoms with E-state index >= 15 is 0 Å². The molecular weight excluding hydrogens is 370 g/mol. The lowest BCUT2D eigenvalue weighted by Crippen LogP contribution is -2.49. The summed E-state index contributed by atoms with van der Waals surface area (Å²) in [4.78, 5) is 37.7. The van der Waals surface area contributed by atoms with E-state index in [1.807, 2.05) is 18.2 Å². The summed E-state index contributed by atoms with van der Waals surface area (Å²) in [6, 6.07) is 7.44. The molecule has 2 amide bonds. The first-order chi connectivity index (χ1) is 14.2. The van der Waals surface area contributed by atoms with Gasteiger partial charge in [-0.25, -0.2) is 4.98 Å². The minimum Gasteiger partial charge on any atom is -0.376 e. The van der Waals surface area contributed by atoms with Crippen molar-refractivity contribution >= 4 is 17.6 Å². The van der Waals surface area contributed by atoms with Crippen LogP contribution in [-0.4, -0.2) is 72.1 Å². The quantitative estimate of drug-likeness (QED) is 0.822. The zero-order valence-corrected chi connectivity index (χ0v) is 16.3. The summed E-state index contributed by atoms with van der Waals surface area (Å²) in [7, 11) is 0. The van der Waals surface area contributed by atoms with E-state index in [1.54, 1.807) is 17.2 Å². The van der Waals surface area contributed by atoms with Gasteiger partial charge in [0.15, 0.2) is 0 Å². The molecular formula is C21H25N5O3. The van der Waals surface area contributed by atoms with Crippen molar-refractivity contribution < 1.29 is 14.3 Å². The number of carbonyl (C=O) groups excluding carboxylic acids is 2. The van der Waals surface area contributed by atoms with E-state index in [-0.39, 0.29) is 17.9 Å². The largest absolute Gasteiger partial charge is 0.376 e. The van der Waals surface area contributed by atoms with Crippen molar-refractivity contribution in [3.63, 3.8) is 0 Å². The van der Waals surface area contributed by atoms with Gasteiger partial charge in [-0.05, 0) is 31.0 Å². The topological polar surface area (TPSA) is 87.7 Å². The first-order valence-electron chi connectivity index (χ1n) is 10.0. The number of nitrogens with zero attached hydrogens (tertiary/aromatic N) is 4. The fourth-order valence-corrected chi connectivity index (χ4v) is 3.66. The fourth-order valence-electron chi connectivity index (χ4n) is 3.66. The Kier molecular flexibility index (Phi) is 6.00. The van der Waals surface area contributed by atoms with Gasteiger partial charge in [-0.15, -0.1) is 0 Å². The van der Waals surface area contributed by atoms with Gasteiger partial charge in [0.25, 0.3) is 11.8 Å². The first kappa shape index (κ1) is 19.3. The number of pyridine rings is 2. The van der Waals surface area contributed by atoms with Gasteiger partial charge in [0.1, 0.15) is 5.82 Å². The Balaban J connectivity index is 1.34. The Morgan fingerprint density at radius 1 is 1.14 bits per heavy atom. The molecule has 0 saturated carbocycles. The maximum absolute atomic E-state index is 12.9. The lowest BCUT2D eigenvalue weighted by Gasteiger charge is -2.35. The number of anilines is 1. The molecule has 0 aromatic carbocycles. The molecule has 8 heteroatoms. The van der Waals surface area contributed by atoms with Crippen LogP contribution in [0.2, 0.25) is 0 Å². The van der Waals surface area contributed by atoms with Crippen LogP contribution in [0.15, 0.2) is 42.9 Å². The van der Waals surface area contributed by atoms with E-state index in [2.05, 4.69) is 20.2 Å². The molecule has 4 rings (SSSR count). The molecule has 2 aliphatic rings. The van der Waals surface area contributed by atoms with Crippen LogP contribution in [0.5, 0.6) is 0 Å². The van der Waals surface area contributed by atoms with Gasteiger partial charge in [0.05, 0.1) is 17.2 Å². The fraction of sp³-hybridized carbons (Fsp3) is 0.429. The maximum atomic E-state index is 12.9. The zero-order chi connectivity index (χ0) is 20.1. The highest BCUT2D eigenvalue weighted by Gasteiger charge is 2.24. The summed E-state index contributed by atoms with van der Waals surface area (Å²) < 4.78 is 5.52. The molecule has 2 saturated heterocycles. The number of hydrogen-bond donors (Lipinski definition) is 1. The Morgan fingerprint density at radius 3 is 2.69 bits per heavy atom. The minimum atomic E-state index is -0.234. The number of rotatable bonds is 5. The zero-order valence-electron chi connectivity index (χ0n) is 16.3. The molecule has 8 nitrogen and oxygen atoms in total. The molecule has 0 bridgehead atoms. The molecule has 29 heavy (non-hydrogen) atoms. The van der Waals surface area contributed by atoms with Crippen LogP contribution < -0.4 is 10.2 Å². The second-order valence-electron chi connectivity index (χ2n) is 7.27. The summed E-state index contributed by atoms with van der Waals surface area (Å²) in [5, 5.41) is 2.87. The molecule has 152 valence electrons. The third kappa shape index (κ3) is 4.71. The van der Waals surface area contributed by atoms with Crippen molar-refractivity contribution in [1.82, 2.24) is 20.2 Å². The van der Waals surface area contributed by atoms with E-state index in [9.17, 15) is 9.59 Å². The van der Waals surface area contributed by atoms with Gasteiger partial charge in [-0.3, -0.25) is 14.6 Å². The van der Waals surface area contributed by atoms with Crippen LogP contribution in [0, 0.1) is 0 Å². The van der Waals surface area contributed by atoms with Gasteiger partial charge in [-0.1, -0.05) is 6.07 Å². The average molecular weight is 395 g/mol. The smallest absolute Gasteiger partial charge is 0.255 e. The molecule has 0 radical (unpaired) electrons. The highest BCUT2D eigenvalue weighted by Crippen LogP contribution is 2.15. The van der Waals surface area contributed by atoms with Crippen LogP contribution in [0.3, 0.4) is 0 Å². The molecule has 0 spiro atoms. The summed E-state index contributed by atoms with van der Waals surface area (Å²) >= 11 is 0. The van der Waals surface area contributed by atoms with Gasteiger partial charge in [-0.2, -0.15) is 0 Å². The molecule has 2 aromatic rings. The van der Waals surface area contributed by atoms with E-state index in [1.165, 1.54) is 12.4 Å². The molecule has 2 aliphatic heterocycles. The Labute approximate surface area is 169 Å². The average Bonchev–Trinajstić information content (AvgIpc) is 3.31. The predicted molar refractivity (Wildman–Crippen MR) is 108 cm³/mol. The van der Waals surface area contributed by atoms with Crippen molar-refractivity contribution in [2.75, 3.05) is 44.2 Å². The maximum Gasteiger partial charge on any atom is 0.255 e. The molecule has 1 atom stereocenters. The molecule has 2 fully saturated rings. The third-order valence-electron chi connectivity index (χ3n) is 5.30. The summed E-state index contributed by atoms with van der Waals surface area (Å²) in [6.07, 6.45) is 6.84. The molecule has 2 aromatic heterocycles. The lowest BCUT2D eigenvalue weighted by atomic mass is 10.1. The number of hydrogen-bond acceptors (Lipinski definition) is 6. The first-order valence-corrected chi connectivity index (χ1v) is 10.0. The lowest BCUT2D eigenvalue weighted by molar-refractivity contribution is 0.0746. The number of piperazine rings is 1. The Morgan fingerprint density at radius 2 is 1.97 bits per heavy atom. The van der Waals surface area contributed by atoms with Crippen LogP contribution in [0.1, 0.15) is 33.6 Å². The number of ether oxygens (including phenoxy) is 1. The SMILES string of the molecule is O=C(NCC1CCCO1)c1cncc(C(=O)N2CCN(c3ccccn3)CC2)c1. The van der Waals surface area contributed by atoms with Crippen LogP contribution >= 0.6 is 0 Å². The summed E-state index contributed by atoms with van der Waals surface area (Å²) in [6.45, 7) is 3.87. The standard InChI is InChI=1S/C21H25N5O3/c27-20(24-15-18-4-3-11-29-18)16-12-17(14-22-13-16)21(28)26-9-7-25(8-10-26)19-5-1-2-6-23-19/h1-2,5-6,12-14,18H,3-4,7-11,15H2,(H,24,27). The summed E-state index contributed by atoms with van der Waals surface area (Å²) in [5.74, 6) is 0.584. The summed E-state index contributed by atoms with van der Waals surface area (Å²) in [5.41, 5.74) is 0.821. The third-order valence-corrected chi connectivity index (χ3v) is 5.30. The minimum absolute atomic E-state index is 0.0760. The van der Waals surface area contributed by atoms with E-state index in [4.69, 9.17) is 4.74 Å². The Bertz CT molecular complexity index is 846. The van der Waals surface area contributed by atoms with Gasteiger partial charge in [0.2, 0.25) is 0 Å². The Hall–Kier alpha value is -3.00. The van der Waals surface area contributed by atoms with Gasteiger partial charge < -0.3 is 19.9 Å². The molecule has 1 unspecified atom stereocenters. The highest BCUT2D eigenvalue weighted by atomic mass is 16.5. The van der Waals surface area contributed by atoms with E-state index in [0.29, 0.717) is 30.8 Å². The molecule has 0 aliphatic carbocycles. The van der Waals surface area contributed by atoms with Crippen molar-refractivity contribution in [3.8, 4) is 0 Å². The highest BCUT2D eigenvalue weighted by molar-refractivity contribution is 5.99. The van der Waals surface area contributed by atoms with Gasteiger partial charge in [0, 0.05) is 57.9 Å². The van der Waals surface area contributed by atoms with Crippen molar-refractivity contribution in [3.05, 3.63) is 54.0 Å². The van der Waals surface area contributed by atoms with Crippen molar-refractivity contribution in [2.24, 2.45) is 0 Å². The van der Waals surface area contributed by atoms with Crippen molar-refractivity contribution in [2.45, 2.75) is 18.9 Å². The molecule has 1 N–H and O–H groups in total. The van der Waals surface area contributed by atoms with E-state index < -0.39 is 0 Å². The number of amides is 2.